The van der Waals surface area contributed by atoms with Crippen LogP contribution in [0.3, 0.4) is 0 Å². The Labute approximate surface area is 339 Å². The molecule has 2 aromatic rings. The van der Waals surface area contributed by atoms with Crippen LogP contribution in [0.15, 0.2) is 60.7 Å². The van der Waals surface area contributed by atoms with Gasteiger partial charge in [-0.25, -0.2) is 0 Å². The molecular weight excluding hydrogens is 663 g/mol. The molecule has 6 atom stereocenters. The maximum absolute atomic E-state index is 5.29. The number of benzene rings is 2. The molecule has 0 aliphatic carbocycles. The molecule has 7 heteroatoms. The van der Waals surface area contributed by atoms with Crippen LogP contribution in [-0.2, 0) is 13.1 Å². The van der Waals surface area contributed by atoms with Crippen molar-refractivity contribution >= 4 is 0 Å². The smallest absolute Gasteiger partial charge is 0.0430 e. The molecule has 0 heterocycles. The lowest BCUT2D eigenvalue weighted by Gasteiger charge is -2.26. The number of rotatable bonds is 20. The first-order valence-corrected chi connectivity index (χ1v) is 22.0. The number of hydrogen-bond acceptors (Lipinski definition) is 7. The fraction of sp³-hybridized carbons (Fsp3) is 0.745. The van der Waals surface area contributed by atoms with E-state index in [0.29, 0.717) is 36.9 Å². The van der Waals surface area contributed by atoms with E-state index in [4.69, 9.17) is 11.5 Å². The summed E-state index contributed by atoms with van der Waals surface area (Å²) in [7, 11) is 0. The molecule has 0 bridgehead atoms. The highest BCUT2D eigenvalue weighted by molar-refractivity contribution is 5.15. The van der Waals surface area contributed by atoms with Crippen molar-refractivity contribution in [3.63, 3.8) is 0 Å². The first-order chi connectivity index (χ1) is 25.7. The fourth-order valence-electron chi connectivity index (χ4n) is 4.63. The molecule has 320 valence electrons. The van der Waals surface area contributed by atoms with Crippen molar-refractivity contribution in [1.82, 2.24) is 25.8 Å². The summed E-state index contributed by atoms with van der Waals surface area (Å²) in [4.78, 5) is 4.98. The van der Waals surface area contributed by atoms with Gasteiger partial charge in [0.1, 0.15) is 0 Å². The molecule has 0 amide bonds. The third kappa shape index (κ3) is 39.8. The zero-order chi connectivity index (χ0) is 42.2. The Balaban J connectivity index is -0.000000288. The molecule has 0 fully saturated rings. The average Bonchev–Trinajstić information content (AvgIpc) is 3.21. The van der Waals surface area contributed by atoms with Gasteiger partial charge in [-0.1, -0.05) is 130 Å². The van der Waals surface area contributed by atoms with Crippen LogP contribution in [-0.4, -0.2) is 78.9 Å². The number of nitrogens with one attached hydrogen (secondary N) is 3. The predicted octanol–water partition coefficient (Wildman–Crippen LogP) is 10.4. The fourth-order valence-corrected chi connectivity index (χ4v) is 4.63. The van der Waals surface area contributed by atoms with Crippen LogP contribution < -0.4 is 27.4 Å². The van der Waals surface area contributed by atoms with Gasteiger partial charge in [-0.3, -0.25) is 4.90 Å². The van der Waals surface area contributed by atoms with Crippen LogP contribution >= 0.6 is 0 Å². The average molecular weight is 760 g/mol. The number of nitrogens with zero attached hydrogens (tertiary/aromatic N) is 2. The summed E-state index contributed by atoms with van der Waals surface area (Å²) < 4.78 is 0. The lowest BCUT2D eigenvalue weighted by atomic mass is 10.1. The highest BCUT2D eigenvalue weighted by Gasteiger charge is 2.09. The normalized spacial score (nSPS) is 13.7. The van der Waals surface area contributed by atoms with Crippen molar-refractivity contribution in [1.29, 1.82) is 0 Å². The summed E-state index contributed by atoms with van der Waals surface area (Å²) >= 11 is 0. The Morgan fingerprint density at radius 1 is 0.481 bits per heavy atom. The van der Waals surface area contributed by atoms with Gasteiger partial charge in [0, 0.05) is 56.0 Å². The van der Waals surface area contributed by atoms with Gasteiger partial charge in [-0.05, 0) is 117 Å². The molecule has 0 spiro atoms. The van der Waals surface area contributed by atoms with E-state index in [0.717, 1.165) is 45.1 Å². The van der Waals surface area contributed by atoms with Crippen LogP contribution in [0.2, 0.25) is 0 Å². The van der Waals surface area contributed by atoms with Crippen LogP contribution in [0.1, 0.15) is 160 Å². The van der Waals surface area contributed by atoms with Gasteiger partial charge in [0.15, 0.2) is 0 Å². The maximum Gasteiger partial charge on any atom is 0.0430 e. The van der Waals surface area contributed by atoms with E-state index < -0.39 is 0 Å². The summed E-state index contributed by atoms with van der Waals surface area (Å²) in [6.45, 7) is 42.2. The van der Waals surface area contributed by atoms with Gasteiger partial charge < -0.3 is 32.3 Å². The second-order valence-corrected chi connectivity index (χ2v) is 14.4. The first-order valence-electron chi connectivity index (χ1n) is 22.0. The Morgan fingerprint density at radius 3 is 1.13 bits per heavy atom. The maximum atomic E-state index is 5.29. The van der Waals surface area contributed by atoms with Crippen molar-refractivity contribution < 1.29 is 0 Å². The molecule has 0 saturated heterocycles. The van der Waals surface area contributed by atoms with Crippen LogP contribution in [0.25, 0.3) is 0 Å². The van der Waals surface area contributed by atoms with Crippen LogP contribution in [0.5, 0.6) is 0 Å². The van der Waals surface area contributed by atoms with Crippen molar-refractivity contribution in [2.45, 2.75) is 199 Å². The van der Waals surface area contributed by atoms with Gasteiger partial charge in [0.25, 0.3) is 0 Å². The summed E-state index contributed by atoms with van der Waals surface area (Å²) in [5.74, 6) is 0. The second kappa shape index (κ2) is 43.9. The summed E-state index contributed by atoms with van der Waals surface area (Å²) in [5, 5.41) is 9.82. The van der Waals surface area contributed by atoms with E-state index in [1.807, 2.05) is 13.0 Å². The monoisotopic (exact) mass is 760 g/mol. The molecule has 54 heavy (non-hydrogen) atoms. The van der Waals surface area contributed by atoms with Crippen molar-refractivity contribution in [3.8, 4) is 0 Å². The molecule has 2 rings (SSSR count). The zero-order valence-electron chi connectivity index (χ0n) is 39.0. The predicted molar refractivity (Wildman–Crippen MR) is 247 cm³/mol. The zero-order valence-corrected chi connectivity index (χ0v) is 39.0. The van der Waals surface area contributed by atoms with Gasteiger partial charge in [-0.15, -0.1) is 0 Å². The topological polar surface area (TPSA) is 94.6 Å². The van der Waals surface area contributed by atoms with Crippen LogP contribution in [0.4, 0.5) is 0 Å². The molecule has 0 radical (unpaired) electrons. The van der Waals surface area contributed by atoms with E-state index in [1.54, 1.807) is 0 Å². The van der Waals surface area contributed by atoms with Crippen molar-refractivity contribution in [2.24, 2.45) is 11.5 Å². The lowest BCUT2D eigenvalue weighted by molar-refractivity contribution is 0.206. The summed E-state index contributed by atoms with van der Waals surface area (Å²) in [6, 6.07) is 24.9. The minimum Gasteiger partial charge on any atom is -0.328 e. The van der Waals surface area contributed by atoms with E-state index in [1.165, 1.54) is 49.9 Å². The molecule has 0 aliphatic rings. The lowest BCUT2D eigenvalue weighted by Crippen LogP contribution is -2.31. The standard InChI is InChI=1S/C13H21N.C11H17N.C8H19N.C6H15N.C5H14N2.C4H11N/c1-4-12(3)14(5-2)11-13-9-7-6-8-10-13;1-3-10(2)12-9-11-7-5-4-6-8-11;1-5-8(4)9(6-2)7-3;1-4-6(3)7-5-2;1-3-5(2)7-4-6;1-3-4(2)5/h6-10,12H,4-5,11H2,1-3H3;4-8,10,12H,3,9H2,1-2H3;8H,5-7H2,1-4H3;6-7H,4-5H2,1-3H3;5,7H,3-4,6H2,1-2H3;4H,3,5H2,1-2H3. The van der Waals surface area contributed by atoms with E-state index in [2.05, 4.69) is 184 Å². The van der Waals surface area contributed by atoms with E-state index in [-0.39, 0.29) is 0 Å². The quantitative estimate of drug-likeness (QED) is 0.0858. The molecule has 0 aliphatic heterocycles. The van der Waals surface area contributed by atoms with E-state index in [9.17, 15) is 0 Å². The second-order valence-electron chi connectivity index (χ2n) is 14.4. The van der Waals surface area contributed by atoms with Gasteiger partial charge in [0.05, 0.1) is 0 Å². The van der Waals surface area contributed by atoms with Gasteiger partial charge in [-0.2, -0.15) is 0 Å². The minimum absolute atomic E-state index is 0.384. The molecule has 7 N–H and O–H groups in total. The first kappa shape index (κ1) is 58.9. The third-order valence-electron chi connectivity index (χ3n) is 9.87. The van der Waals surface area contributed by atoms with Gasteiger partial charge in [0.2, 0.25) is 0 Å². The highest BCUT2D eigenvalue weighted by atomic mass is 15.1. The third-order valence-corrected chi connectivity index (χ3v) is 9.87. The summed E-state index contributed by atoms with van der Waals surface area (Å²) in [5.41, 5.74) is 13.3. The molecule has 7 nitrogen and oxygen atoms in total. The summed E-state index contributed by atoms with van der Waals surface area (Å²) in [6.07, 6.45) is 7.14. The minimum atomic E-state index is 0.384. The molecular formula is C47H97N7. The van der Waals surface area contributed by atoms with Crippen LogP contribution in [0, 0.1) is 0 Å². The Morgan fingerprint density at radius 2 is 0.852 bits per heavy atom. The Hall–Kier alpha value is -1.84. The van der Waals surface area contributed by atoms with E-state index >= 15 is 0 Å². The largest absolute Gasteiger partial charge is 0.328 e. The molecule has 0 saturated carbocycles. The van der Waals surface area contributed by atoms with Crippen molar-refractivity contribution in [2.75, 3.05) is 32.8 Å². The molecule has 2 aromatic carbocycles. The number of nitrogens with two attached hydrogens (primary N) is 2. The Bertz CT molecular complexity index is 928. The van der Waals surface area contributed by atoms with Crippen molar-refractivity contribution in [3.05, 3.63) is 71.8 Å². The Kier molecular flexibility index (Phi) is 47.8. The number of hydrogen-bond donors (Lipinski definition) is 5. The molecule has 6 unspecified atom stereocenters. The van der Waals surface area contributed by atoms with Gasteiger partial charge >= 0.3 is 0 Å². The molecule has 0 aromatic heterocycles. The SMILES string of the molecule is CCC(C)N.CCC(C)N(CC)CC.CCC(C)N(CC)Cc1ccccc1.CCC(C)NCN.CCC(C)NCc1ccccc1.CCNC(C)CC. The highest BCUT2D eigenvalue weighted by Crippen LogP contribution is 2.09.